The van der Waals surface area contributed by atoms with Crippen molar-refractivity contribution in [3.8, 4) is 34.5 Å². The van der Waals surface area contributed by atoms with Crippen LogP contribution in [0.4, 0.5) is 0 Å². The predicted molar refractivity (Wildman–Crippen MR) is 187 cm³/mol. The molecule has 2 aromatic carbocycles. The molecule has 24 heteroatoms. The van der Waals surface area contributed by atoms with Gasteiger partial charge in [-0.1, -0.05) is 0 Å². The van der Waals surface area contributed by atoms with Gasteiger partial charge in [0.25, 0.3) is 0 Å². The highest BCUT2D eigenvalue weighted by molar-refractivity contribution is 5.90. The number of rotatable bonds is 12. The molecular formula is C36H44O24. The Kier molecular flexibility index (Phi) is 13.5. The van der Waals surface area contributed by atoms with Crippen LogP contribution < -0.4 is 9.47 Å². The second-order valence-corrected chi connectivity index (χ2v) is 14.3. The molecule has 3 saturated heterocycles. The number of carboxylic acid groups (broad SMARTS) is 1. The van der Waals surface area contributed by atoms with Gasteiger partial charge in [-0.3, -0.25) is 9.59 Å². The van der Waals surface area contributed by atoms with E-state index in [0.29, 0.717) is 0 Å². The minimum Gasteiger partial charge on any atom is -0.507 e. The molecule has 4 aliphatic rings. The molecule has 6 rings (SSSR count). The Morgan fingerprint density at radius 2 is 1.30 bits per heavy atom. The van der Waals surface area contributed by atoms with Gasteiger partial charge in [0.1, 0.15) is 97.1 Å². The van der Waals surface area contributed by atoms with E-state index >= 15 is 0 Å². The van der Waals surface area contributed by atoms with E-state index in [2.05, 4.69) is 0 Å². The molecule has 0 aliphatic carbocycles. The lowest BCUT2D eigenvalue weighted by Crippen LogP contribution is -2.64. The number of phenols is 4. The number of hydrogen-bond donors (Lipinski definition) is 14. The molecule has 0 bridgehead atoms. The van der Waals surface area contributed by atoms with E-state index in [1.54, 1.807) is 0 Å². The van der Waals surface area contributed by atoms with Crippen molar-refractivity contribution in [2.24, 2.45) is 0 Å². The third-order valence-corrected chi connectivity index (χ3v) is 10.1. The van der Waals surface area contributed by atoms with Crippen LogP contribution in [0.1, 0.15) is 30.6 Å². The van der Waals surface area contributed by atoms with Gasteiger partial charge in [-0.05, 0) is 25.1 Å². The van der Waals surface area contributed by atoms with Crippen LogP contribution >= 0.6 is 0 Å². The maximum absolute atomic E-state index is 11.8. The number of carboxylic acids is 1. The first-order valence-corrected chi connectivity index (χ1v) is 18.2. The maximum Gasteiger partial charge on any atom is 0.317 e. The van der Waals surface area contributed by atoms with Crippen molar-refractivity contribution < 1.29 is 119 Å². The topological polar surface area (TPSA) is 391 Å². The molecule has 2 aromatic rings. The van der Waals surface area contributed by atoms with Gasteiger partial charge < -0.3 is 109 Å². The Morgan fingerprint density at radius 3 is 1.95 bits per heavy atom. The van der Waals surface area contributed by atoms with E-state index in [1.165, 1.54) is 6.92 Å². The summed E-state index contributed by atoms with van der Waals surface area (Å²) < 4.78 is 45.2. The quantitative estimate of drug-likeness (QED) is 0.0547. The van der Waals surface area contributed by atoms with Crippen molar-refractivity contribution in [1.29, 1.82) is 0 Å². The molecule has 24 nitrogen and oxygen atoms in total. The summed E-state index contributed by atoms with van der Waals surface area (Å²) >= 11 is 0. The summed E-state index contributed by atoms with van der Waals surface area (Å²) in [6.07, 6.45) is -27.6. The van der Waals surface area contributed by atoms with E-state index in [1.807, 2.05) is 0 Å². The van der Waals surface area contributed by atoms with Crippen LogP contribution in [0.3, 0.4) is 0 Å². The monoisotopic (exact) mass is 860 g/mol. The Morgan fingerprint density at radius 1 is 0.683 bits per heavy atom. The molecule has 0 amide bonds. The second-order valence-electron chi connectivity index (χ2n) is 14.3. The number of aliphatic carboxylic acids is 1. The highest BCUT2D eigenvalue weighted by Gasteiger charge is 2.52. The van der Waals surface area contributed by atoms with Crippen LogP contribution in [0.5, 0.6) is 34.5 Å². The number of benzene rings is 2. The average molecular weight is 861 g/mol. The first-order chi connectivity index (χ1) is 28.3. The summed E-state index contributed by atoms with van der Waals surface area (Å²) in [7, 11) is 0. The molecule has 16 atom stereocenters. The van der Waals surface area contributed by atoms with Crippen molar-refractivity contribution >= 4 is 18.0 Å². The summed E-state index contributed by atoms with van der Waals surface area (Å²) in [5, 5.41) is 145. The highest BCUT2D eigenvalue weighted by atomic mass is 16.8. The molecular weight excluding hydrogens is 816 g/mol. The van der Waals surface area contributed by atoms with Gasteiger partial charge in [0.05, 0.1) is 18.3 Å². The zero-order valence-corrected chi connectivity index (χ0v) is 31.1. The van der Waals surface area contributed by atoms with Gasteiger partial charge >= 0.3 is 11.9 Å². The normalized spacial score (nSPS) is 36.6. The second kappa shape index (κ2) is 18.0. The largest absolute Gasteiger partial charge is 0.507 e. The number of aromatic hydroxyl groups is 4. The molecule has 0 aromatic heterocycles. The Bertz CT molecular complexity index is 1880. The Labute approximate surface area is 337 Å². The third-order valence-electron chi connectivity index (χ3n) is 10.1. The van der Waals surface area contributed by atoms with Crippen molar-refractivity contribution in [3.05, 3.63) is 41.2 Å². The van der Waals surface area contributed by atoms with E-state index in [-0.39, 0.29) is 28.4 Å². The Balaban J connectivity index is 1.32. The van der Waals surface area contributed by atoms with Gasteiger partial charge in [0.15, 0.2) is 35.7 Å². The highest BCUT2D eigenvalue weighted by Crippen LogP contribution is 2.47. The fourth-order valence-corrected chi connectivity index (χ4v) is 6.75. The lowest BCUT2D eigenvalue weighted by molar-refractivity contribution is -0.361. The summed E-state index contributed by atoms with van der Waals surface area (Å²) in [5.74, 6) is -6.80. The van der Waals surface area contributed by atoms with Crippen molar-refractivity contribution in [2.45, 2.75) is 112 Å². The minimum atomic E-state index is -1.95. The lowest BCUT2D eigenvalue weighted by Gasteiger charge is -2.46. The number of ether oxygens (including phenoxy) is 8. The minimum absolute atomic E-state index is 0.140. The van der Waals surface area contributed by atoms with Gasteiger partial charge in [0.2, 0.25) is 12.6 Å². The van der Waals surface area contributed by atoms with Gasteiger partial charge in [-0.15, -0.1) is 0 Å². The van der Waals surface area contributed by atoms with E-state index < -0.39 is 153 Å². The van der Waals surface area contributed by atoms with Crippen LogP contribution in [0.2, 0.25) is 0 Å². The van der Waals surface area contributed by atoms with Crippen molar-refractivity contribution in [1.82, 2.24) is 0 Å². The molecule has 4 heterocycles. The summed E-state index contributed by atoms with van der Waals surface area (Å²) in [4.78, 5) is 22.6. The molecule has 0 saturated carbocycles. The standard InChI is InChI=1S/C36H44O24/c1-10-23(44)27(48)30(51)34(54-10)60-33-29(50)25(46)19(8-37)58-36(33)57-18-6-13-14(38)4-12(5-17(13)56-32(18)11-2-15(39)24(45)16(40)3-11)55-35-31(52)28(49)26(47)20(59-35)9-53-22(43)7-21(41)42/h2-6,10,19-20,23,25-40,44-52H,7-9H2,1H3,(H,41,42). The van der Waals surface area contributed by atoms with Crippen LogP contribution in [0.15, 0.2) is 30.0 Å². The summed E-state index contributed by atoms with van der Waals surface area (Å²) in [6, 6.07) is 4.03. The SMILES string of the molecule is CC1OC(OC2C(OC3=Cc4c(O)cc(OC5OC(COC(=O)CC(=O)O)C(O)C(O)C5O)cc4OC3c3cc(O)c(O)c(O)c3)OC(CO)C(O)C2O)C(O)C(O)C1O. The summed E-state index contributed by atoms with van der Waals surface area (Å²) in [5.41, 5.74) is -0.298. The van der Waals surface area contributed by atoms with Crippen LogP contribution in [-0.2, 0) is 38.0 Å². The number of aliphatic hydroxyl groups is 9. The molecule has 3 fully saturated rings. The average Bonchev–Trinajstić information content (AvgIpc) is 3.19. The summed E-state index contributed by atoms with van der Waals surface area (Å²) in [6.45, 7) is -0.278. The van der Waals surface area contributed by atoms with Crippen molar-refractivity contribution in [3.63, 3.8) is 0 Å². The van der Waals surface area contributed by atoms with Gasteiger partial charge in [-0.2, -0.15) is 0 Å². The van der Waals surface area contributed by atoms with Gasteiger partial charge in [0, 0.05) is 17.7 Å². The molecule has 16 unspecified atom stereocenters. The number of phenolic OH excluding ortho intramolecular Hbond substituents is 4. The smallest absolute Gasteiger partial charge is 0.317 e. The Hall–Kier alpha value is -4.80. The zero-order valence-electron chi connectivity index (χ0n) is 31.1. The molecule has 0 radical (unpaired) electrons. The number of fused-ring (bicyclic) bond motifs is 1. The molecule has 60 heavy (non-hydrogen) atoms. The molecule has 14 N–H and O–H groups in total. The lowest BCUT2D eigenvalue weighted by atomic mass is 9.97. The van der Waals surface area contributed by atoms with E-state index in [9.17, 15) is 76.0 Å². The van der Waals surface area contributed by atoms with Crippen LogP contribution in [0, 0.1) is 0 Å². The van der Waals surface area contributed by atoms with E-state index in [4.69, 9.17) is 43.0 Å². The molecule has 0 spiro atoms. The van der Waals surface area contributed by atoms with Crippen LogP contribution in [-0.4, -0.2) is 189 Å². The number of esters is 1. The van der Waals surface area contributed by atoms with Crippen LogP contribution in [0.25, 0.3) is 6.08 Å². The third kappa shape index (κ3) is 9.10. The number of carbonyl (C=O) groups excluding carboxylic acids is 1. The van der Waals surface area contributed by atoms with Crippen molar-refractivity contribution in [2.75, 3.05) is 13.2 Å². The van der Waals surface area contributed by atoms with E-state index in [0.717, 1.165) is 30.3 Å². The maximum atomic E-state index is 11.8. The predicted octanol–water partition coefficient (Wildman–Crippen LogP) is -4.14. The fourth-order valence-electron chi connectivity index (χ4n) is 6.75. The fraction of sp³-hybridized carbons (Fsp3) is 0.556. The first-order valence-electron chi connectivity index (χ1n) is 18.2. The molecule has 332 valence electrons. The van der Waals surface area contributed by atoms with Gasteiger partial charge in [-0.25, -0.2) is 0 Å². The number of carbonyl (C=O) groups is 2. The number of aliphatic hydroxyl groups excluding tert-OH is 9. The zero-order chi connectivity index (χ0) is 43.9. The first kappa shape index (κ1) is 44.7. The molecule has 4 aliphatic heterocycles. The number of hydrogen-bond acceptors (Lipinski definition) is 23.